The molecule has 0 aliphatic carbocycles. The number of nitrogens with one attached hydrogen (secondary N) is 1. The van der Waals surface area contributed by atoms with Crippen LogP contribution in [-0.2, 0) is 0 Å². The maximum Gasteiger partial charge on any atom is 0.133 e. The van der Waals surface area contributed by atoms with Crippen LogP contribution in [0.1, 0.15) is 26.3 Å². The topological polar surface area (TPSA) is 24.4 Å². The fraction of sp³-hybridized carbons (Fsp3) is 0.357. The van der Waals surface area contributed by atoms with E-state index in [2.05, 4.69) is 31.1 Å². The third kappa shape index (κ3) is 2.88. The Balaban J connectivity index is 2.32. The summed E-state index contributed by atoms with van der Waals surface area (Å²) in [6, 6.07) is 7.68. The first-order valence-corrected chi connectivity index (χ1v) is 6.59. The van der Waals surface area contributed by atoms with Crippen LogP contribution >= 0.6 is 23.2 Å². The number of rotatable bonds is 1. The minimum Gasteiger partial charge on any atom is -0.361 e. The number of halogens is 2. The summed E-state index contributed by atoms with van der Waals surface area (Å²) >= 11 is 12.2. The van der Waals surface area contributed by atoms with Gasteiger partial charge < -0.3 is 5.32 Å². The summed E-state index contributed by atoms with van der Waals surface area (Å²) < 4.78 is 0. The van der Waals surface area contributed by atoms with E-state index in [9.17, 15) is 0 Å². The maximum absolute atomic E-state index is 6.22. The lowest BCUT2D eigenvalue weighted by Gasteiger charge is -2.34. The molecule has 1 atom stereocenters. The molecule has 1 aliphatic rings. The lowest BCUT2D eigenvalue weighted by molar-refractivity contribution is 0.336. The summed E-state index contributed by atoms with van der Waals surface area (Å²) in [5, 5.41) is 4.81. The van der Waals surface area contributed by atoms with Crippen molar-refractivity contribution in [3.63, 3.8) is 0 Å². The fourth-order valence-corrected chi connectivity index (χ4v) is 2.49. The van der Waals surface area contributed by atoms with E-state index in [1.54, 1.807) is 6.20 Å². The van der Waals surface area contributed by atoms with Crippen LogP contribution in [0.5, 0.6) is 0 Å². The molecule has 18 heavy (non-hydrogen) atoms. The second-order valence-electron chi connectivity index (χ2n) is 5.45. The largest absolute Gasteiger partial charge is 0.361 e. The van der Waals surface area contributed by atoms with E-state index in [1.165, 1.54) is 0 Å². The molecule has 0 bridgehead atoms. The Morgan fingerprint density at radius 1 is 1.22 bits per heavy atom. The average molecular weight is 283 g/mol. The fourth-order valence-electron chi connectivity index (χ4n) is 1.87. The SMILES string of the molecule is CC(C)(C)C1NC(c2cccc(Cl)c2)=NC=C1Cl. The standard InChI is InChI=1S/C14H16Cl2N2/c1-14(2,3)12-11(16)8-17-13(18-12)9-5-4-6-10(15)7-9/h4-8,12H,1-3H3,(H,17,18). The van der Waals surface area contributed by atoms with Crippen LogP contribution in [-0.4, -0.2) is 11.9 Å². The van der Waals surface area contributed by atoms with Gasteiger partial charge >= 0.3 is 0 Å². The summed E-state index contributed by atoms with van der Waals surface area (Å²) in [7, 11) is 0. The molecule has 0 saturated carbocycles. The molecule has 1 unspecified atom stereocenters. The van der Waals surface area contributed by atoms with E-state index in [4.69, 9.17) is 23.2 Å². The van der Waals surface area contributed by atoms with E-state index < -0.39 is 0 Å². The average Bonchev–Trinajstić information content (AvgIpc) is 2.28. The second kappa shape index (κ2) is 4.94. The number of hydrogen-bond donors (Lipinski definition) is 1. The smallest absolute Gasteiger partial charge is 0.133 e. The highest BCUT2D eigenvalue weighted by Crippen LogP contribution is 2.29. The Morgan fingerprint density at radius 2 is 1.94 bits per heavy atom. The molecular formula is C14H16Cl2N2. The molecule has 1 aliphatic heterocycles. The van der Waals surface area contributed by atoms with E-state index in [1.807, 2.05) is 24.3 Å². The molecule has 1 aromatic rings. The van der Waals surface area contributed by atoms with Gasteiger partial charge in [0.05, 0.1) is 11.1 Å². The minimum atomic E-state index is 0.0212. The molecule has 0 aromatic heterocycles. The van der Waals surface area contributed by atoms with Crippen molar-refractivity contribution in [2.45, 2.75) is 26.8 Å². The number of aliphatic imine (C=N–C) groups is 1. The number of hydrogen-bond acceptors (Lipinski definition) is 2. The highest BCUT2D eigenvalue weighted by Gasteiger charge is 2.30. The van der Waals surface area contributed by atoms with Gasteiger partial charge in [0.25, 0.3) is 0 Å². The van der Waals surface area contributed by atoms with Crippen molar-refractivity contribution in [1.29, 1.82) is 0 Å². The third-order valence-electron chi connectivity index (χ3n) is 2.84. The Bertz CT molecular complexity index is 513. The van der Waals surface area contributed by atoms with E-state index >= 15 is 0 Å². The second-order valence-corrected chi connectivity index (χ2v) is 6.32. The normalized spacial score (nSPS) is 19.9. The van der Waals surface area contributed by atoms with Crippen molar-refractivity contribution in [3.8, 4) is 0 Å². The third-order valence-corrected chi connectivity index (χ3v) is 3.39. The lowest BCUT2D eigenvalue weighted by Crippen LogP contribution is -2.45. The van der Waals surface area contributed by atoms with Gasteiger partial charge in [-0.3, -0.25) is 0 Å². The molecule has 0 fully saturated rings. The van der Waals surface area contributed by atoms with Gasteiger partial charge in [-0.15, -0.1) is 0 Å². The van der Waals surface area contributed by atoms with Gasteiger partial charge in [0, 0.05) is 16.8 Å². The van der Waals surface area contributed by atoms with Crippen LogP contribution in [0, 0.1) is 5.41 Å². The molecule has 2 rings (SSSR count). The van der Waals surface area contributed by atoms with Crippen LogP contribution in [0.25, 0.3) is 0 Å². The molecule has 0 spiro atoms. The van der Waals surface area contributed by atoms with Gasteiger partial charge in [0.15, 0.2) is 0 Å². The van der Waals surface area contributed by atoms with E-state index in [0.717, 1.165) is 16.4 Å². The Labute approximate surface area is 118 Å². The lowest BCUT2D eigenvalue weighted by atomic mass is 9.86. The molecule has 0 saturated heterocycles. The van der Waals surface area contributed by atoms with Crippen molar-refractivity contribution in [3.05, 3.63) is 46.1 Å². The van der Waals surface area contributed by atoms with Gasteiger partial charge in [-0.05, 0) is 17.5 Å². The molecule has 0 amide bonds. The Hall–Kier alpha value is -0.990. The zero-order valence-electron chi connectivity index (χ0n) is 10.7. The summed E-state index contributed by atoms with van der Waals surface area (Å²) in [5.74, 6) is 0.807. The van der Waals surface area contributed by atoms with E-state index in [0.29, 0.717) is 5.02 Å². The summed E-state index contributed by atoms with van der Waals surface area (Å²) in [5.41, 5.74) is 0.991. The zero-order chi connectivity index (χ0) is 13.3. The quantitative estimate of drug-likeness (QED) is 0.821. The van der Waals surface area contributed by atoms with Gasteiger partial charge in [-0.1, -0.05) is 56.1 Å². The van der Waals surface area contributed by atoms with Crippen molar-refractivity contribution in [2.75, 3.05) is 0 Å². The summed E-state index contributed by atoms with van der Waals surface area (Å²) in [4.78, 5) is 4.34. The van der Waals surface area contributed by atoms with Crippen molar-refractivity contribution < 1.29 is 0 Å². The molecular weight excluding hydrogens is 267 g/mol. The number of benzene rings is 1. The van der Waals surface area contributed by atoms with Crippen molar-refractivity contribution in [1.82, 2.24) is 5.32 Å². The van der Waals surface area contributed by atoms with Crippen LogP contribution in [0.4, 0.5) is 0 Å². The summed E-state index contributed by atoms with van der Waals surface area (Å²) in [6.45, 7) is 6.42. The van der Waals surface area contributed by atoms with Gasteiger partial charge in [-0.2, -0.15) is 0 Å². The highest BCUT2D eigenvalue weighted by molar-refractivity contribution is 6.31. The first kappa shape index (κ1) is 13.4. The molecule has 4 heteroatoms. The minimum absolute atomic E-state index is 0.0212. The molecule has 1 aromatic carbocycles. The van der Waals surface area contributed by atoms with Crippen LogP contribution in [0.2, 0.25) is 5.02 Å². The first-order valence-electron chi connectivity index (χ1n) is 5.84. The van der Waals surface area contributed by atoms with Crippen LogP contribution < -0.4 is 5.32 Å². The first-order chi connectivity index (χ1) is 8.38. The summed E-state index contributed by atoms with van der Waals surface area (Å²) in [6.07, 6.45) is 1.71. The Morgan fingerprint density at radius 3 is 2.56 bits per heavy atom. The highest BCUT2D eigenvalue weighted by atomic mass is 35.5. The van der Waals surface area contributed by atoms with Gasteiger partial charge in [-0.25, -0.2) is 4.99 Å². The molecule has 1 N–H and O–H groups in total. The zero-order valence-corrected chi connectivity index (χ0v) is 12.2. The molecule has 2 nitrogen and oxygen atoms in total. The predicted octanol–water partition coefficient (Wildman–Crippen LogP) is 4.18. The Kier molecular flexibility index (Phi) is 3.69. The monoisotopic (exact) mass is 282 g/mol. The number of nitrogens with zero attached hydrogens (tertiary/aromatic N) is 1. The molecule has 1 heterocycles. The van der Waals surface area contributed by atoms with Crippen LogP contribution in [0.3, 0.4) is 0 Å². The van der Waals surface area contributed by atoms with Gasteiger partial charge in [0.1, 0.15) is 5.84 Å². The van der Waals surface area contributed by atoms with Crippen molar-refractivity contribution in [2.24, 2.45) is 10.4 Å². The molecule has 96 valence electrons. The van der Waals surface area contributed by atoms with Crippen LogP contribution in [0.15, 0.2) is 40.5 Å². The van der Waals surface area contributed by atoms with E-state index in [-0.39, 0.29) is 11.5 Å². The predicted molar refractivity (Wildman–Crippen MR) is 78.3 cm³/mol. The number of amidine groups is 1. The van der Waals surface area contributed by atoms with Gasteiger partial charge in [0.2, 0.25) is 0 Å². The molecule has 0 radical (unpaired) electrons. The maximum atomic E-state index is 6.22. The van der Waals surface area contributed by atoms with Crippen molar-refractivity contribution >= 4 is 29.0 Å².